The van der Waals surface area contributed by atoms with Crippen LogP contribution in [0.15, 0.2) is 60.7 Å². The van der Waals surface area contributed by atoms with Crippen LogP contribution >= 0.6 is 0 Å². The van der Waals surface area contributed by atoms with Crippen LogP contribution in [-0.2, 0) is 37.0 Å². The molecule has 4 rings (SSSR count). The molecule has 5 nitrogen and oxygen atoms in total. The molecule has 5 heteroatoms. The average Bonchev–Trinajstić information content (AvgIpc) is 3.12. The maximum Gasteiger partial charge on any atom is 0.314 e. The smallest absolute Gasteiger partial charge is 0.314 e. The van der Waals surface area contributed by atoms with Crippen molar-refractivity contribution in [3.63, 3.8) is 0 Å². The first-order chi connectivity index (χ1) is 14.6. The van der Waals surface area contributed by atoms with Gasteiger partial charge in [-0.05, 0) is 31.4 Å². The molecule has 0 aromatic heterocycles. The van der Waals surface area contributed by atoms with Gasteiger partial charge < -0.3 is 18.9 Å². The minimum Gasteiger partial charge on any atom is -0.465 e. The molecule has 0 saturated carbocycles. The zero-order valence-corrected chi connectivity index (χ0v) is 17.7. The van der Waals surface area contributed by atoms with Crippen LogP contribution in [-0.4, -0.2) is 37.0 Å². The fourth-order valence-electron chi connectivity index (χ4n) is 4.31. The van der Waals surface area contributed by atoms with Crippen molar-refractivity contribution in [2.75, 3.05) is 6.61 Å². The van der Waals surface area contributed by atoms with E-state index in [0.717, 1.165) is 11.1 Å². The van der Waals surface area contributed by atoms with Gasteiger partial charge in [-0.1, -0.05) is 60.7 Å². The number of ether oxygens (including phenoxy) is 4. The molecule has 30 heavy (non-hydrogen) atoms. The van der Waals surface area contributed by atoms with Gasteiger partial charge in [-0.3, -0.25) is 4.79 Å². The van der Waals surface area contributed by atoms with E-state index in [1.807, 2.05) is 62.4 Å². The van der Waals surface area contributed by atoms with Crippen molar-refractivity contribution in [3.05, 3.63) is 71.8 Å². The summed E-state index contributed by atoms with van der Waals surface area (Å²) < 4.78 is 24.2. The molecule has 2 saturated heterocycles. The third-order valence-corrected chi connectivity index (χ3v) is 6.25. The summed E-state index contributed by atoms with van der Waals surface area (Å²) in [5.74, 6) is -0.198. The highest BCUT2D eigenvalue weighted by atomic mass is 16.6. The van der Waals surface area contributed by atoms with Crippen molar-refractivity contribution in [2.24, 2.45) is 5.41 Å². The molecule has 1 unspecified atom stereocenters. The summed E-state index contributed by atoms with van der Waals surface area (Å²) >= 11 is 0. The van der Waals surface area contributed by atoms with Crippen LogP contribution in [0.25, 0.3) is 0 Å². The number of benzene rings is 2. The summed E-state index contributed by atoms with van der Waals surface area (Å²) in [5.41, 5.74) is 1.52. The van der Waals surface area contributed by atoms with Crippen molar-refractivity contribution >= 4 is 5.97 Å². The van der Waals surface area contributed by atoms with Crippen molar-refractivity contribution in [3.8, 4) is 0 Å². The lowest BCUT2D eigenvalue weighted by molar-refractivity contribution is -0.225. The molecule has 2 aromatic carbocycles. The van der Waals surface area contributed by atoms with E-state index in [9.17, 15) is 4.79 Å². The van der Waals surface area contributed by atoms with E-state index in [4.69, 9.17) is 18.9 Å². The predicted molar refractivity (Wildman–Crippen MR) is 113 cm³/mol. The quantitative estimate of drug-likeness (QED) is 0.638. The van der Waals surface area contributed by atoms with E-state index in [1.54, 1.807) is 0 Å². The Kier molecular flexibility index (Phi) is 6.52. The minimum atomic E-state index is -0.694. The first kappa shape index (κ1) is 21.0. The Balaban J connectivity index is 1.48. The molecule has 2 aliphatic rings. The van der Waals surface area contributed by atoms with Crippen LogP contribution in [0.1, 0.15) is 37.8 Å². The maximum atomic E-state index is 12.5. The highest BCUT2D eigenvalue weighted by molar-refractivity contribution is 5.79. The lowest BCUT2D eigenvalue weighted by Crippen LogP contribution is -2.55. The monoisotopic (exact) mass is 410 g/mol. The van der Waals surface area contributed by atoms with Gasteiger partial charge in [0.1, 0.15) is 6.10 Å². The summed E-state index contributed by atoms with van der Waals surface area (Å²) in [5, 5.41) is 0. The third-order valence-electron chi connectivity index (χ3n) is 6.25. The number of carbonyl (C=O) groups excluding carboxylic acids is 1. The van der Waals surface area contributed by atoms with Crippen LogP contribution in [0.5, 0.6) is 0 Å². The summed E-state index contributed by atoms with van der Waals surface area (Å²) in [6.07, 6.45) is 0.461. The van der Waals surface area contributed by atoms with Gasteiger partial charge in [-0.15, -0.1) is 0 Å². The topological polar surface area (TPSA) is 54.0 Å². The molecule has 160 valence electrons. The highest BCUT2D eigenvalue weighted by Gasteiger charge is 2.54. The Bertz CT molecular complexity index is 824. The standard InChI is InChI=1S/C25H30O5/c1-18-21(28-16-19-9-5-3-6-10-19)15-22(29-17-20-11-7-4-8-12-20)23(30-18)25(2)13-14-27-24(25)26/h3-12,18,21-23H,13-17H2,1-2H3/t18-,21+,22-,23-,25?/m1/s1. The molecule has 0 bridgehead atoms. The fraction of sp³-hybridized carbons (Fsp3) is 0.480. The van der Waals surface area contributed by atoms with Crippen molar-refractivity contribution in [1.82, 2.24) is 0 Å². The van der Waals surface area contributed by atoms with E-state index in [1.165, 1.54) is 0 Å². The molecule has 0 spiro atoms. The molecule has 2 aromatic rings. The largest absolute Gasteiger partial charge is 0.465 e. The third kappa shape index (κ3) is 4.59. The Labute approximate surface area is 178 Å². The number of cyclic esters (lactones) is 1. The Morgan fingerprint density at radius 1 is 0.933 bits per heavy atom. The van der Waals surface area contributed by atoms with Gasteiger partial charge in [0.05, 0.1) is 43.5 Å². The highest BCUT2D eigenvalue weighted by Crippen LogP contribution is 2.42. The predicted octanol–water partition coefficient (Wildman–Crippen LogP) is 4.29. The molecule has 2 heterocycles. The zero-order valence-electron chi connectivity index (χ0n) is 17.7. The molecular formula is C25H30O5. The Morgan fingerprint density at radius 3 is 2.03 bits per heavy atom. The maximum absolute atomic E-state index is 12.5. The second kappa shape index (κ2) is 9.29. The number of esters is 1. The second-order valence-corrected chi connectivity index (χ2v) is 8.47. The fourth-order valence-corrected chi connectivity index (χ4v) is 4.31. The number of carbonyl (C=O) groups is 1. The zero-order chi connectivity index (χ0) is 21.0. The van der Waals surface area contributed by atoms with E-state index in [2.05, 4.69) is 12.1 Å². The van der Waals surface area contributed by atoms with Crippen LogP contribution in [0.2, 0.25) is 0 Å². The van der Waals surface area contributed by atoms with Crippen LogP contribution in [0.3, 0.4) is 0 Å². The molecular weight excluding hydrogens is 380 g/mol. The summed E-state index contributed by atoms with van der Waals surface area (Å²) in [6.45, 7) is 5.37. The summed E-state index contributed by atoms with van der Waals surface area (Å²) in [6, 6.07) is 20.2. The molecule has 0 amide bonds. The Hall–Kier alpha value is -2.21. The normalized spacial score (nSPS) is 31.5. The van der Waals surface area contributed by atoms with Gasteiger partial charge >= 0.3 is 5.97 Å². The lowest BCUT2D eigenvalue weighted by Gasteiger charge is -2.45. The summed E-state index contributed by atoms with van der Waals surface area (Å²) in [4.78, 5) is 12.5. The van der Waals surface area contributed by atoms with Crippen LogP contribution in [0.4, 0.5) is 0 Å². The molecule has 2 aliphatic heterocycles. The van der Waals surface area contributed by atoms with Crippen molar-refractivity contribution < 1.29 is 23.7 Å². The molecule has 5 atom stereocenters. The van der Waals surface area contributed by atoms with Crippen LogP contribution in [0, 0.1) is 5.41 Å². The number of rotatable bonds is 7. The van der Waals surface area contributed by atoms with Crippen molar-refractivity contribution in [1.29, 1.82) is 0 Å². The van der Waals surface area contributed by atoms with E-state index < -0.39 is 5.41 Å². The van der Waals surface area contributed by atoms with E-state index >= 15 is 0 Å². The average molecular weight is 411 g/mol. The number of hydrogen-bond donors (Lipinski definition) is 0. The van der Waals surface area contributed by atoms with Gasteiger partial charge in [0.2, 0.25) is 0 Å². The lowest BCUT2D eigenvalue weighted by atomic mass is 9.77. The van der Waals surface area contributed by atoms with E-state index in [0.29, 0.717) is 32.7 Å². The molecule has 2 fully saturated rings. The van der Waals surface area contributed by atoms with Crippen LogP contribution < -0.4 is 0 Å². The minimum absolute atomic E-state index is 0.108. The first-order valence-electron chi connectivity index (χ1n) is 10.7. The Morgan fingerprint density at radius 2 is 1.50 bits per heavy atom. The molecule has 0 N–H and O–H groups in total. The molecule has 0 aliphatic carbocycles. The SMILES string of the molecule is C[C@H]1O[C@@H](C2(C)CCOC2=O)[C@H](OCc2ccccc2)C[C@@H]1OCc1ccccc1. The first-order valence-corrected chi connectivity index (χ1v) is 10.7. The van der Waals surface area contributed by atoms with Gasteiger partial charge in [-0.25, -0.2) is 0 Å². The van der Waals surface area contributed by atoms with Gasteiger partial charge in [-0.2, -0.15) is 0 Å². The van der Waals surface area contributed by atoms with Gasteiger partial charge in [0, 0.05) is 6.42 Å². The van der Waals surface area contributed by atoms with Gasteiger partial charge in [0.15, 0.2) is 0 Å². The van der Waals surface area contributed by atoms with E-state index in [-0.39, 0.29) is 30.4 Å². The molecule has 0 radical (unpaired) electrons. The second-order valence-electron chi connectivity index (χ2n) is 8.47. The number of hydrogen-bond acceptors (Lipinski definition) is 5. The summed E-state index contributed by atoms with van der Waals surface area (Å²) in [7, 11) is 0. The van der Waals surface area contributed by atoms with Crippen molar-refractivity contribution in [2.45, 2.75) is 64.3 Å². The van der Waals surface area contributed by atoms with Gasteiger partial charge in [0.25, 0.3) is 0 Å².